The molecule has 118 valence electrons. The minimum Gasteiger partial charge on any atom is -0.549 e. The second-order valence-electron chi connectivity index (χ2n) is 5.84. The van der Waals surface area contributed by atoms with Gasteiger partial charge in [-0.25, -0.2) is 0 Å². The Labute approximate surface area is 179 Å². The predicted octanol–water partition coefficient (Wildman–Crippen LogP) is -4.19. The Kier molecular flexibility index (Phi) is 21.2. The number of carboxylic acids is 2. The Morgan fingerprint density at radius 3 is 1.36 bits per heavy atom. The molecule has 22 heavy (non-hydrogen) atoms. The van der Waals surface area contributed by atoms with E-state index in [0.29, 0.717) is 6.42 Å². The fourth-order valence-corrected chi connectivity index (χ4v) is 2.25. The Hall–Kier alpha value is 0.940. The second-order valence-corrected chi connectivity index (χ2v) is 5.84. The van der Waals surface area contributed by atoms with Crippen LogP contribution >= 0.6 is 0 Å². The van der Waals surface area contributed by atoms with E-state index in [1.54, 1.807) is 0 Å². The van der Waals surface area contributed by atoms with E-state index in [2.05, 4.69) is 6.92 Å². The average molecular weight is 330 g/mol. The van der Waals surface area contributed by atoms with Gasteiger partial charge in [-0.3, -0.25) is 0 Å². The van der Waals surface area contributed by atoms with Crippen molar-refractivity contribution in [3.63, 3.8) is 0 Å². The molecule has 0 unspecified atom stereocenters. The standard InChI is InChI=1S/C16H30O4.2Na/c1-3-4-5-6-7-8-9-10-11-12-13-16(2,14(17)18)15(19)20;;/h3-13H2,1-2H3,(H,17,18)(H,19,20);;/q;2*+1/p-2. The fraction of sp³-hybridized carbons (Fsp3) is 0.875. The molecule has 0 heterocycles. The summed E-state index contributed by atoms with van der Waals surface area (Å²) < 4.78 is 0. The minimum absolute atomic E-state index is 0. The number of hydrogen-bond donors (Lipinski definition) is 0. The van der Waals surface area contributed by atoms with Crippen LogP contribution in [0.3, 0.4) is 0 Å². The number of unbranched alkanes of at least 4 members (excludes halogenated alkanes) is 9. The van der Waals surface area contributed by atoms with Crippen LogP contribution in [0.5, 0.6) is 0 Å². The molecule has 0 spiro atoms. The van der Waals surface area contributed by atoms with Crippen LogP contribution in [0.4, 0.5) is 0 Å². The van der Waals surface area contributed by atoms with Crippen LogP contribution in [0.15, 0.2) is 0 Å². The summed E-state index contributed by atoms with van der Waals surface area (Å²) in [4.78, 5) is 21.6. The first kappa shape index (κ1) is 27.8. The van der Waals surface area contributed by atoms with Crippen LogP contribution < -0.4 is 69.3 Å². The predicted molar refractivity (Wildman–Crippen MR) is 74.6 cm³/mol. The molecule has 0 aromatic heterocycles. The summed E-state index contributed by atoms with van der Waals surface area (Å²) in [6, 6.07) is 0. The Bertz CT molecular complexity index is 282. The maximum Gasteiger partial charge on any atom is 1.00 e. The zero-order valence-electron chi connectivity index (χ0n) is 14.9. The zero-order chi connectivity index (χ0) is 15.4. The Morgan fingerprint density at radius 2 is 1.05 bits per heavy atom. The monoisotopic (exact) mass is 330 g/mol. The second kappa shape index (κ2) is 16.8. The molecule has 0 atom stereocenters. The van der Waals surface area contributed by atoms with E-state index in [1.807, 2.05) is 0 Å². The third-order valence-corrected chi connectivity index (χ3v) is 3.93. The molecule has 0 saturated carbocycles. The molecule has 6 heteroatoms. The van der Waals surface area contributed by atoms with E-state index in [9.17, 15) is 19.8 Å². The van der Waals surface area contributed by atoms with Crippen molar-refractivity contribution in [2.45, 2.75) is 84.5 Å². The van der Waals surface area contributed by atoms with Gasteiger partial charge < -0.3 is 19.8 Å². The summed E-state index contributed by atoms with van der Waals surface area (Å²) in [5.41, 5.74) is -1.85. The van der Waals surface area contributed by atoms with E-state index in [-0.39, 0.29) is 65.5 Å². The molecular weight excluding hydrogens is 302 g/mol. The summed E-state index contributed by atoms with van der Waals surface area (Å²) in [5.74, 6) is -3.10. The Balaban J connectivity index is -0.00000180. The van der Waals surface area contributed by atoms with E-state index < -0.39 is 17.4 Å². The van der Waals surface area contributed by atoms with E-state index in [1.165, 1.54) is 45.4 Å². The topological polar surface area (TPSA) is 80.3 Å². The molecule has 0 bridgehead atoms. The van der Waals surface area contributed by atoms with Crippen LogP contribution in [-0.4, -0.2) is 11.9 Å². The van der Waals surface area contributed by atoms with Gasteiger partial charge in [0.25, 0.3) is 0 Å². The van der Waals surface area contributed by atoms with E-state index in [0.717, 1.165) is 19.3 Å². The van der Waals surface area contributed by atoms with Gasteiger partial charge in [-0.2, -0.15) is 0 Å². The summed E-state index contributed by atoms with van der Waals surface area (Å²) >= 11 is 0. The van der Waals surface area contributed by atoms with Crippen LogP contribution in [-0.2, 0) is 9.59 Å². The van der Waals surface area contributed by atoms with Crippen molar-refractivity contribution in [1.82, 2.24) is 0 Å². The van der Waals surface area contributed by atoms with Crippen molar-refractivity contribution in [3.8, 4) is 0 Å². The van der Waals surface area contributed by atoms with Crippen LogP contribution in [0.2, 0.25) is 0 Å². The van der Waals surface area contributed by atoms with E-state index in [4.69, 9.17) is 0 Å². The smallest absolute Gasteiger partial charge is 0.549 e. The van der Waals surface area contributed by atoms with Gasteiger partial charge in [0, 0.05) is 5.41 Å². The summed E-state index contributed by atoms with van der Waals surface area (Å²) in [6.07, 6.45) is 11.4. The first-order valence-corrected chi connectivity index (χ1v) is 7.88. The number of carbonyl (C=O) groups is 2. The molecule has 0 radical (unpaired) electrons. The third-order valence-electron chi connectivity index (χ3n) is 3.93. The number of carbonyl (C=O) groups excluding carboxylic acids is 2. The van der Waals surface area contributed by atoms with Gasteiger partial charge in [0.2, 0.25) is 0 Å². The van der Waals surface area contributed by atoms with Gasteiger partial charge in [-0.15, -0.1) is 0 Å². The summed E-state index contributed by atoms with van der Waals surface area (Å²) in [5, 5.41) is 21.6. The fourth-order valence-electron chi connectivity index (χ4n) is 2.25. The molecule has 0 aromatic carbocycles. The van der Waals surface area contributed by atoms with Crippen LogP contribution in [0.1, 0.15) is 84.5 Å². The van der Waals surface area contributed by atoms with Crippen molar-refractivity contribution < 1.29 is 78.9 Å². The molecule has 0 aliphatic carbocycles. The normalized spacial score (nSPS) is 10.5. The average Bonchev–Trinajstić information content (AvgIpc) is 2.40. The number of carboxylic acid groups (broad SMARTS) is 2. The van der Waals surface area contributed by atoms with Gasteiger partial charge in [0.1, 0.15) is 0 Å². The molecule has 4 nitrogen and oxygen atoms in total. The molecule has 0 fully saturated rings. The number of rotatable bonds is 13. The quantitative estimate of drug-likeness (QED) is 0.195. The van der Waals surface area contributed by atoms with E-state index >= 15 is 0 Å². The van der Waals surface area contributed by atoms with Crippen molar-refractivity contribution in [3.05, 3.63) is 0 Å². The molecule has 0 aliphatic rings. The molecule has 0 aliphatic heterocycles. The van der Waals surface area contributed by atoms with Gasteiger partial charge in [0.05, 0.1) is 11.9 Å². The summed E-state index contributed by atoms with van der Waals surface area (Å²) in [6.45, 7) is 3.37. The molecule has 0 amide bonds. The van der Waals surface area contributed by atoms with Crippen molar-refractivity contribution >= 4 is 11.9 Å². The van der Waals surface area contributed by atoms with Gasteiger partial charge in [0.15, 0.2) is 0 Å². The maximum absolute atomic E-state index is 10.8. The van der Waals surface area contributed by atoms with Crippen molar-refractivity contribution in [2.24, 2.45) is 5.41 Å². The van der Waals surface area contributed by atoms with Crippen LogP contribution in [0.25, 0.3) is 0 Å². The first-order valence-electron chi connectivity index (χ1n) is 7.88. The number of hydrogen-bond acceptors (Lipinski definition) is 4. The van der Waals surface area contributed by atoms with Crippen molar-refractivity contribution in [1.29, 1.82) is 0 Å². The maximum atomic E-state index is 10.8. The molecule has 0 N–H and O–H groups in total. The number of aliphatic carboxylic acids is 2. The molecule has 0 aromatic rings. The first-order chi connectivity index (χ1) is 9.45. The van der Waals surface area contributed by atoms with Crippen LogP contribution in [0, 0.1) is 5.41 Å². The molecule has 0 rings (SSSR count). The van der Waals surface area contributed by atoms with Gasteiger partial charge in [-0.05, 0) is 13.3 Å². The minimum atomic E-state index is -1.85. The molecular formula is C16H28Na2O4. The van der Waals surface area contributed by atoms with Crippen molar-refractivity contribution in [2.75, 3.05) is 0 Å². The van der Waals surface area contributed by atoms with Gasteiger partial charge in [-0.1, -0.05) is 71.1 Å². The van der Waals surface area contributed by atoms with Gasteiger partial charge >= 0.3 is 59.1 Å². The Morgan fingerprint density at radius 1 is 0.727 bits per heavy atom. The third kappa shape index (κ3) is 12.4. The largest absolute Gasteiger partial charge is 1.00 e. The molecule has 0 saturated heterocycles. The zero-order valence-corrected chi connectivity index (χ0v) is 18.9. The SMILES string of the molecule is CCCCCCCCCCCCC(C)(C(=O)[O-])C(=O)[O-].[Na+].[Na+]. The summed E-state index contributed by atoms with van der Waals surface area (Å²) in [7, 11) is 0.